The average Bonchev–Trinajstić information content (AvgIpc) is 3.17. The first kappa shape index (κ1) is 20.8. The minimum atomic E-state index is -4.39. The molecule has 3 heterocycles. The van der Waals surface area contributed by atoms with Gasteiger partial charge in [0.15, 0.2) is 11.7 Å². The lowest BCUT2D eigenvalue weighted by Crippen LogP contribution is -2.47. The van der Waals surface area contributed by atoms with Gasteiger partial charge in [0.05, 0.1) is 17.0 Å². The van der Waals surface area contributed by atoms with Gasteiger partial charge in [-0.05, 0) is 53.9 Å². The number of aromatic nitrogens is 3. The number of benzene rings is 2. The van der Waals surface area contributed by atoms with Crippen molar-refractivity contribution in [2.75, 3.05) is 0 Å². The fourth-order valence-corrected chi connectivity index (χ4v) is 5.44. The normalized spacial score (nSPS) is 23.0. The monoisotopic (exact) mass is 460 g/mol. The summed E-state index contributed by atoms with van der Waals surface area (Å²) in [6.45, 7) is 8.82. The minimum Gasteiger partial charge on any atom is -0.416 e. The zero-order valence-corrected chi connectivity index (χ0v) is 18.6. The van der Waals surface area contributed by atoms with Crippen LogP contribution < -0.4 is 4.57 Å². The maximum atomic E-state index is 12.9. The number of fused-ring (bicyclic) bond motifs is 5. The zero-order chi connectivity index (χ0) is 23.8. The molecule has 0 N–H and O–H groups in total. The van der Waals surface area contributed by atoms with E-state index in [-0.39, 0.29) is 11.4 Å². The second kappa shape index (κ2) is 6.88. The van der Waals surface area contributed by atoms with Gasteiger partial charge in [-0.3, -0.25) is 0 Å². The predicted octanol–water partition coefficient (Wildman–Crippen LogP) is 6.40. The van der Waals surface area contributed by atoms with E-state index in [9.17, 15) is 13.2 Å². The first-order valence-corrected chi connectivity index (χ1v) is 11.1. The van der Waals surface area contributed by atoms with E-state index in [4.69, 9.17) is 4.42 Å². The molecule has 3 atom stereocenters. The van der Waals surface area contributed by atoms with Crippen LogP contribution in [0.15, 0.2) is 83.4 Å². The highest BCUT2D eigenvalue weighted by molar-refractivity contribution is 5.72. The summed E-state index contributed by atoms with van der Waals surface area (Å²) in [7, 11) is 0. The van der Waals surface area contributed by atoms with Crippen molar-refractivity contribution in [1.82, 2.24) is 10.2 Å². The number of alkyl halides is 3. The van der Waals surface area contributed by atoms with Gasteiger partial charge in [0.2, 0.25) is 17.5 Å². The summed E-state index contributed by atoms with van der Waals surface area (Å²) in [4.78, 5) is 0. The second-order valence-corrected chi connectivity index (χ2v) is 9.18. The summed E-state index contributed by atoms with van der Waals surface area (Å²) in [5.41, 5.74) is 5.02. The van der Waals surface area contributed by atoms with Crippen LogP contribution in [0.5, 0.6) is 0 Å². The zero-order valence-electron chi connectivity index (χ0n) is 18.6. The molecule has 4 nitrogen and oxygen atoms in total. The van der Waals surface area contributed by atoms with Crippen molar-refractivity contribution < 1.29 is 22.2 Å². The molecule has 0 radical (unpaired) electrons. The Morgan fingerprint density at radius 3 is 2.35 bits per heavy atom. The molecule has 2 aliphatic rings. The highest BCUT2D eigenvalue weighted by atomic mass is 19.4. The molecule has 0 spiro atoms. The molecule has 1 fully saturated rings. The van der Waals surface area contributed by atoms with Crippen LogP contribution in [0, 0.1) is 5.92 Å². The van der Waals surface area contributed by atoms with E-state index in [2.05, 4.69) is 59.6 Å². The highest BCUT2D eigenvalue weighted by Gasteiger charge is 2.67. The third-order valence-electron chi connectivity index (χ3n) is 7.36. The molecule has 0 bridgehead atoms. The number of hydrogen-bond acceptors (Lipinski definition) is 3. The Hall–Kier alpha value is -3.74. The van der Waals surface area contributed by atoms with Crippen molar-refractivity contribution in [2.45, 2.75) is 31.5 Å². The molecule has 34 heavy (non-hydrogen) atoms. The smallest absolute Gasteiger partial charge is 0.416 e. The molecule has 2 aromatic carbocycles. The fraction of sp³-hybridized carbons (Fsp3) is 0.222. The van der Waals surface area contributed by atoms with Crippen molar-refractivity contribution in [1.29, 1.82) is 0 Å². The molecule has 6 rings (SSSR count). The lowest BCUT2D eigenvalue weighted by Gasteiger charge is -2.12. The van der Waals surface area contributed by atoms with Crippen LogP contribution >= 0.6 is 0 Å². The van der Waals surface area contributed by atoms with Crippen molar-refractivity contribution in [3.63, 3.8) is 0 Å². The van der Waals surface area contributed by atoms with E-state index in [1.165, 1.54) is 23.3 Å². The number of nitrogens with zero attached hydrogens (tertiary/aromatic N) is 3. The Bertz CT molecular complexity index is 1450. The molecule has 170 valence electrons. The Morgan fingerprint density at radius 1 is 0.971 bits per heavy atom. The van der Waals surface area contributed by atoms with Gasteiger partial charge in [-0.1, -0.05) is 19.6 Å². The topological polar surface area (TPSA) is 42.8 Å². The molecular weight excluding hydrogens is 439 g/mol. The van der Waals surface area contributed by atoms with Crippen molar-refractivity contribution in [3.05, 3.63) is 90.1 Å². The van der Waals surface area contributed by atoms with Crippen LogP contribution in [-0.2, 0) is 11.7 Å². The average molecular weight is 460 g/mol. The number of halogens is 3. The molecule has 1 saturated carbocycles. The van der Waals surface area contributed by atoms with Gasteiger partial charge < -0.3 is 4.42 Å². The summed E-state index contributed by atoms with van der Waals surface area (Å²) >= 11 is 0. The quantitative estimate of drug-likeness (QED) is 0.257. The molecular formula is C27H21F3N3O+. The van der Waals surface area contributed by atoms with Crippen LogP contribution in [0.3, 0.4) is 0 Å². The third-order valence-corrected chi connectivity index (χ3v) is 7.36. The van der Waals surface area contributed by atoms with Crippen LogP contribution in [0.4, 0.5) is 13.2 Å². The standard InChI is InChI=1S/C27H21F3N3O/c1-15-20-12-9-18(14-21(20)22-6-4-5-13-33(22)26(3)16(2)23(15)26)25-32-31-24(34-25)17-7-10-19(11-8-17)27(28,29)30/h4-15,23H,2H2,1,3H3/q+1. The molecule has 2 aromatic heterocycles. The molecule has 0 saturated heterocycles. The van der Waals surface area contributed by atoms with E-state index >= 15 is 0 Å². The first-order valence-electron chi connectivity index (χ1n) is 11.1. The summed E-state index contributed by atoms with van der Waals surface area (Å²) in [6.07, 6.45) is -2.29. The SMILES string of the molecule is C=C1C2C(C)c3ccc(-c4nnc(-c5ccc(C(F)(F)F)cc5)o4)cc3-c3cccc[n+]3C12C. The van der Waals surface area contributed by atoms with Crippen molar-refractivity contribution >= 4 is 0 Å². The van der Waals surface area contributed by atoms with Gasteiger partial charge in [-0.25, -0.2) is 0 Å². The van der Waals surface area contributed by atoms with Gasteiger partial charge in [0.25, 0.3) is 0 Å². The number of allylic oxidation sites excluding steroid dienone is 1. The van der Waals surface area contributed by atoms with E-state index < -0.39 is 11.7 Å². The Labute approximate surface area is 194 Å². The third kappa shape index (κ3) is 2.89. The number of hydrogen-bond donors (Lipinski definition) is 0. The van der Waals surface area contributed by atoms with Crippen LogP contribution in [0.1, 0.15) is 30.9 Å². The first-order chi connectivity index (χ1) is 16.2. The molecule has 1 aliphatic carbocycles. The van der Waals surface area contributed by atoms with Crippen molar-refractivity contribution in [2.24, 2.45) is 5.92 Å². The van der Waals surface area contributed by atoms with Crippen LogP contribution in [0.25, 0.3) is 34.2 Å². The van der Waals surface area contributed by atoms with Crippen LogP contribution in [-0.4, -0.2) is 10.2 Å². The highest BCUT2D eigenvalue weighted by Crippen LogP contribution is 2.61. The lowest BCUT2D eigenvalue weighted by molar-refractivity contribution is -0.724. The largest absolute Gasteiger partial charge is 0.416 e. The van der Waals surface area contributed by atoms with Gasteiger partial charge in [-0.15, -0.1) is 10.2 Å². The van der Waals surface area contributed by atoms with Gasteiger partial charge in [-0.2, -0.15) is 17.7 Å². The molecule has 7 heteroatoms. The van der Waals surface area contributed by atoms with Crippen molar-refractivity contribution in [3.8, 4) is 34.2 Å². The Kier molecular flexibility index (Phi) is 4.22. The summed E-state index contributed by atoms with van der Waals surface area (Å²) in [5.74, 6) is 1.15. The maximum absolute atomic E-state index is 12.9. The van der Waals surface area contributed by atoms with Gasteiger partial charge >= 0.3 is 6.18 Å². The maximum Gasteiger partial charge on any atom is 0.416 e. The Balaban J connectivity index is 1.41. The summed E-state index contributed by atoms with van der Waals surface area (Å²) in [5, 5.41) is 8.24. The lowest BCUT2D eigenvalue weighted by atomic mass is 9.89. The number of pyridine rings is 1. The van der Waals surface area contributed by atoms with E-state index in [0.717, 1.165) is 29.0 Å². The van der Waals surface area contributed by atoms with E-state index in [0.29, 0.717) is 23.3 Å². The molecule has 4 aromatic rings. The fourth-order valence-electron chi connectivity index (χ4n) is 5.44. The Morgan fingerprint density at radius 2 is 1.65 bits per heavy atom. The molecule has 3 unspecified atom stereocenters. The number of rotatable bonds is 2. The van der Waals surface area contributed by atoms with E-state index in [1.54, 1.807) is 0 Å². The van der Waals surface area contributed by atoms with Gasteiger partial charge in [0, 0.05) is 35.8 Å². The summed E-state index contributed by atoms with van der Waals surface area (Å²) in [6, 6.07) is 17.0. The molecule has 1 aliphatic heterocycles. The predicted molar refractivity (Wildman–Crippen MR) is 120 cm³/mol. The minimum absolute atomic E-state index is 0.116. The van der Waals surface area contributed by atoms with Gasteiger partial charge in [0.1, 0.15) is 0 Å². The second-order valence-electron chi connectivity index (χ2n) is 9.18. The van der Waals surface area contributed by atoms with E-state index in [1.807, 2.05) is 18.2 Å². The summed E-state index contributed by atoms with van der Waals surface area (Å²) < 4.78 is 46.7. The van der Waals surface area contributed by atoms with Crippen LogP contribution in [0.2, 0.25) is 0 Å². The molecule has 0 amide bonds.